The molecule has 0 spiro atoms. The third-order valence-corrected chi connectivity index (χ3v) is 3.36. The zero-order chi connectivity index (χ0) is 12.4. The average molecular weight is 247 g/mol. The molecule has 2 aromatic rings. The summed E-state index contributed by atoms with van der Waals surface area (Å²) >= 11 is 0. The lowest BCUT2D eigenvalue weighted by Crippen LogP contribution is -2.32. The minimum Gasteiger partial charge on any atom is -0.424 e. The van der Waals surface area contributed by atoms with E-state index in [0.29, 0.717) is 17.8 Å². The summed E-state index contributed by atoms with van der Waals surface area (Å²) in [5, 5.41) is 12.2. The van der Waals surface area contributed by atoms with Crippen LogP contribution in [0.3, 0.4) is 0 Å². The molecule has 0 aromatic carbocycles. The van der Waals surface area contributed by atoms with Crippen molar-refractivity contribution < 1.29 is 4.42 Å². The topological polar surface area (TPSA) is 60.0 Å². The van der Waals surface area contributed by atoms with Crippen LogP contribution in [0.25, 0.3) is 0 Å². The van der Waals surface area contributed by atoms with Gasteiger partial charge in [-0.15, -0.1) is 10.2 Å². The zero-order valence-corrected chi connectivity index (χ0v) is 10.5. The SMILES string of the molecule is Cc1nnc(CN2CCCC2Cn2cccn2)o1. The molecule has 0 bridgehead atoms. The molecule has 6 nitrogen and oxygen atoms in total. The summed E-state index contributed by atoms with van der Waals surface area (Å²) in [6.45, 7) is 4.59. The molecule has 96 valence electrons. The molecule has 1 aliphatic rings. The van der Waals surface area contributed by atoms with Gasteiger partial charge in [-0.05, 0) is 25.5 Å². The minimum absolute atomic E-state index is 0.511. The third kappa shape index (κ3) is 2.43. The van der Waals surface area contributed by atoms with Gasteiger partial charge in [0.2, 0.25) is 11.8 Å². The largest absolute Gasteiger partial charge is 0.424 e. The van der Waals surface area contributed by atoms with E-state index in [0.717, 1.165) is 19.6 Å². The lowest BCUT2D eigenvalue weighted by molar-refractivity contribution is 0.199. The first-order valence-corrected chi connectivity index (χ1v) is 6.32. The second-order valence-electron chi connectivity index (χ2n) is 4.71. The van der Waals surface area contributed by atoms with Gasteiger partial charge in [-0.2, -0.15) is 5.10 Å². The van der Waals surface area contributed by atoms with E-state index < -0.39 is 0 Å². The van der Waals surface area contributed by atoms with Gasteiger partial charge in [-0.25, -0.2) is 0 Å². The summed E-state index contributed by atoms with van der Waals surface area (Å²) in [5.74, 6) is 1.34. The summed E-state index contributed by atoms with van der Waals surface area (Å²) in [4.78, 5) is 2.40. The monoisotopic (exact) mass is 247 g/mol. The van der Waals surface area contributed by atoms with Crippen molar-refractivity contribution in [3.63, 3.8) is 0 Å². The van der Waals surface area contributed by atoms with E-state index in [2.05, 4.69) is 20.2 Å². The van der Waals surface area contributed by atoms with Crippen LogP contribution in [0.2, 0.25) is 0 Å². The standard InChI is InChI=1S/C12H17N5O/c1-10-14-15-12(18-10)9-16-6-2-4-11(16)8-17-7-3-5-13-17/h3,5,7,11H,2,4,6,8-9H2,1H3. The van der Waals surface area contributed by atoms with E-state index in [1.807, 2.05) is 30.1 Å². The summed E-state index contributed by atoms with van der Waals surface area (Å²) in [7, 11) is 0. The lowest BCUT2D eigenvalue weighted by atomic mass is 10.2. The molecule has 2 aromatic heterocycles. The van der Waals surface area contributed by atoms with E-state index in [1.54, 1.807) is 0 Å². The Bertz CT molecular complexity index is 492. The number of likely N-dealkylation sites (tertiary alicyclic amines) is 1. The van der Waals surface area contributed by atoms with Crippen LogP contribution in [0, 0.1) is 6.92 Å². The molecule has 0 saturated carbocycles. The normalized spacial score (nSPS) is 20.6. The second-order valence-corrected chi connectivity index (χ2v) is 4.71. The Balaban J connectivity index is 1.64. The molecule has 0 radical (unpaired) electrons. The number of aromatic nitrogens is 4. The van der Waals surface area contributed by atoms with Gasteiger partial charge in [0.15, 0.2) is 0 Å². The van der Waals surface area contributed by atoms with Gasteiger partial charge < -0.3 is 4.42 Å². The van der Waals surface area contributed by atoms with Crippen molar-refractivity contribution in [1.82, 2.24) is 24.9 Å². The third-order valence-electron chi connectivity index (χ3n) is 3.36. The van der Waals surface area contributed by atoms with E-state index in [-0.39, 0.29) is 0 Å². The highest BCUT2D eigenvalue weighted by Gasteiger charge is 2.26. The van der Waals surface area contributed by atoms with Gasteiger partial charge in [0.1, 0.15) is 0 Å². The highest BCUT2D eigenvalue weighted by molar-refractivity contribution is 4.87. The van der Waals surface area contributed by atoms with Crippen LogP contribution in [0.15, 0.2) is 22.9 Å². The van der Waals surface area contributed by atoms with Crippen LogP contribution in [-0.2, 0) is 13.1 Å². The molecule has 1 aliphatic heterocycles. The van der Waals surface area contributed by atoms with Crippen molar-refractivity contribution in [3.05, 3.63) is 30.2 Å². The van der Waals surface area contributed by atoms with Crippen molar-refractivity contribution in [1.29, 1.82) is 0 Å². The zero-order valence-electron chi connectivity index (χ0n) is 10.5. The first-order chi connectivity index (χ1) is 8.81. The Morgan fingerprint density at radius 2 is 2.39 bits per heavy atom. The molecule has 0 N–H and O–H groups in total. The van der Waals surface area contributed by atoms with Crippen LogP contribution in [0.4, 0.5) is 0 Å². The maximum atomic E-state index is 5.44. The van der Waals surface area contributed by atoms with Crippen LogP contribution in [-0.4, -0.2) is 37.5 Å². The number of nitrogens with zero attached hydrogens (tertiary/aromatic N) is 5. The molecule has 0 amide bonds. The van der Waals surface area contributed by atoms with Gasteiger partial charge in [0.05, 0.1) is 13.1 Å². The van der Waals surface area contributed by atoms with Gasteiger partial charge in [0, 0.05) is 25.4 Å². The van der Waals surface area contributed by atoms with Crippen LogP contribution < -0.4 is 0 Å². The Labute approximate surface area is 106 Å². The number of hydrogen-bond donors (Lipinski definition) is 0. The summed E-state index contributed by atoms with van der Waals surface area (Å²) < 4.78 is 7.43. The molecule has 3 heterocycles. The van der Waals surface area contributed by atoms with Crippen molar-refractivity contribution in [2.24, 2.45) is 0 Å². The second kappa shape index (κ2) is 4.89. The molecule has 0 aliphatic carbocycles. The van der Waals surface area contributed by atoms with E-state index in [9.17, 15) is 0 Å². The van der Waals surface area contributed by atoms with Gasteiger partial charge in [-0.1, -0.05) is 0 Å². The Morgan fingerprint density at radius 1 is 1.44 bits per heavy atom. The molecular weight excluding hydrogens is 230 g/mol. The van der Waals surface area contributed by atoms with Crippen LogP contribution in [0.1, 0.15) is 24.6 Å². The van der Waals surface area contributed by atoms with Crippen LogP contribution in [0.5, 0.6) is 0 Å². The number of hydrogen-bond acceptors (Lipinski definition) is 5. The quantitative estimate of drug-likeness (QED) is 0.813. The fraction of sp³-hybridized carbons (Fsp3) is 0.583. The van der Waals surface area contributed by atoms with E-state index >= 15 is 0 Å². The fourth-order valence-corrected chi connectivity index (χ4v) is 2.51. The summed E-state index contributed by atoms with van der Waals surface area (Å²) in [6.07, 6.45) is 6.25. The first kappa shape index (κ1) is 11.4. The minimum atomic E-state index is 0.511. The Kier molecular flexibility index (Phi) is 3.10. The molecule has 1 unspecified atom stereocenters. The fourth-order valence-electron chi connectivity index (χ4n) is 2.51. The predicted molar refractivity (Wildman–Crippen MR) is 64.7 cm³/mol. The van der Waals surface area contributed by atoms with E-state index in [1.165, 1.54) is 12.8 Å². The number of rotatable bonds is 4. The molecule has 1 atom stereocenters. The number of aryl methyl sites for hydroxylation is 1. The molecular formula is C12H17N5O. The van der Waals surface area contributed by atoms with Crippen LogP contribution >= 0.6 is 0 Å². The highest BCUT2D eigenvalue weighted by Crippen LogP contribution is 2.20. The summed E-state index contributed by atoms with van der Waals surface area (Å²) in [6, 6.07) is 2.47. The van der Waals surface area contributed by atoms with Gasteiger partial charge in [0.25, 0.3) is 0 Å². The molecule has 1 fully saturated rings. The maximum Gasteiger partial charge on any atom is 0.230 e. The first-order valence-electron chi connectivity index (χ1n) is 6.32. The van der Waals surface area contributed by atoms with E-state index in [4.69, 9.17) is 4.42 Å². The maximum absolute atomic E-state index is 5.44. The van der Waals surface area contributed by atoms with Gasteiger partial charge >= 0.3 is 0 Å². The lowest BCUT2D eigenvalue weighted by Gasteiger charge is -2.22. The van der Waals surface area contributed by atoms with Crippen molar-refractivity contribution in [2.75, 3.05) is 6.54 Å². The van der Waals surface area contributed by atoms with Gasteiger partial charge in [-0.3, -0.25) is 9.58 Å². The molecule has 18 heavy (non-hydrogen) atoms. The molecule has 6 heteroatoms. The molecule has 3 rings (SSSR count). The molecule has 1 saturated heterocycles. The van der Waals surface area contributed by atoms with Crippen molar-refractivity contribution in [3.8, 4) is 0 Å². The van der Waals surface area contributed by atoms with Crippen molar-refractivity contribution >= 4 is 0 Å². The highest BCUT2D eigenvalue weighted by atomic mass is 16.4. The average Bonchev–Trinajstić information content (AvgIpc) is 3.05. The Morgan fingerprint density at radius 3 is 3.11 bits per heavy atom. The van der Waals surface area contributed by atoms with Crippen molar-refractivity contribution in [2.45, 2.75) is 38.9 Å². The Hall–Kier alpha value is -1.69. The predicted octanol–water partition coefficient (Wildman–Crippen LogP) is 1.24. The smallest absolute Gasteiger partial charge is 0.230 e. The summed E-state index contributed by atoms with van der Waals surface area (Å²) in [5.41, 5.74) is 0.